The summed E-state index contributed by atoms with van der Waals surface area (Å²) in [4.78, 5) is 25.1. The number of urea groups is 1. The van der Waals surface area contributed by atoms with Gasteiger partial charge in [0.1, 0.15) is 6.54 Å². The molecule has 0 radical (unpaired) electrons. The maximum Gasteiger partial charge on any atom is 0.318 e. The minimum absolute atomic E-state index is 0.0912. The average Bonchev–Trinajstić information content (AvgIpc) is 2.46. The van der Waals surface area contributed by atoms with Gasteiger partial charge >= 0.3 is 6.03 Å². The summed E-state index contributed by atoms with van der Waals surface area (Å²) < 4.78 is 0. The third-order valence-electron chi connectivity index (χ3n) is 3.94. The summed E-state index contributed by atoms with van der Waals surface area (Å²) in [5.74, 6) is -0.108. The maximum absolute atomic E-state index is 12.2. The molecular weight excluding hydrogens is 278 g/mol. The van der Waals surface area contributed by atoms with Crippen molar-refractivity contribution in [1.82, 2.24) is 15.5 Å². The molecule has 0 bridgehead atoms. The zero-order valence-corrected chi connectivity index (χ0v) is 13.8. The molecule has 1 aliphatic rings. The van der Waals surface area contributed by atoms with Crippen LogP contribution in [0.25, 0.3) is 0 Å². The van der Waals surface area contributed by atoms with Crippen LogP contribution in [0.5, 0.6) is 0 Å². The van der Waals surface area contributed by atoms with Gasteiger partial charge in [0.25, 0.3) is 0 Å². The van der Waals surface area contributed by atoms with Crippen LogP contribution >= 0.6 is 0 Å². The zero-order chi connectivity index (χ0) is 16.3. The van der Waals surface area contributed by atoms with Gasteiger partial charge in [0.05, 0.1) is 6.04 Å². The molecule has 5 heteroatoms. The fourth-order valence-electron chi connectivity index (χ4n) is 2.44. The van der Waals surface area contributed by atoms with Gasteiger partial charge in [-0.3, -0.25) is 4.79 Å². The average molecular weight is 303 g/mol. The summed E-state index contributed by atoms with van der Waals surface area (Å²) in [6.45, 7) is 9.67. The van der Waals surface area contributed by atoms with E-state index in [0.29, 0.717) is 13.1 Å². The molecule has 1 aromatic carbocycles. The molecular formula is C17H25N3O2. The summed E-state index contributed by atoms with van der Waals surface area (Å²) >= 11 is 0. The first-order chi connectivity index (χ1) is 10.3. The van der Waals surface area contributed by atoms with Crippen molar-refractivity contribution in [2.45, 2.75) is 39.2 Å². The predicted molar refractivity (Wildman–Crippen MR) is 86.7 cm³/mol. The van der Waals surface area contributed by atoms with Gasteiger partial charge in [-0.25, -0.2) is 4.79 Å². The molecule has 1 heterocycles. The van der Waals surface area contributed by atoms with Crippen molar-refractivity contribution in [1.29, 1.82) is 0 Å². The molecule has 1 aliphatic heterocycles. The second kappa shape index (κ2) is 6.38. The molecule has 120 valence electrons. The number of rotatable bonds is 2. The summed E-state index contributed by atoms with van der Waals surface area (Å²) in [6, 6.07) is 8.02. The quantitative estimate of drug-likeness (QED) is 0.880. The Hall–Kier alpha value is -2.04. The van der Waals surface area contributed by atoms with Crippen LogP contribution in [0, 0.1) is 0 Å². The molecule has 1 fully saturated rings. The van der Waals surface area contributed by atoms with Gasteiger partial charge in [-0.1, -0.05) is 45.0 Å². The van der Waals surface area contributed by atoms with E-state index in [1.165, 1.54) is 5.56 Å². The van der Waals surface area contributed by atoms with Crippen LogP contribution in [0.4, 0.5) is 4.79 Å². The van der Waals surface area contributed by atoms with E-state index < -0.39 is 0 Å². The third-order valence-corrected chi connectivity index (χ3v) is 3.94. The lowest BCUT2D eigenvalue weighted by Crippen LogP contribution is -2.53. The normalized spacial score (nSPS) is 16.9. The Bertz CT molecular complexity index is 546. The molecule has 2 N–H and O–H groups in total. The van der Waals surface area contributed by atoms with Crippen molar-refractivity contribution in [3.63, 3.8) is 0 Å². The lowest BCUT2D eigenvalue weighted by Gasteiger charge is -2.28. The zero-order valence-electron chi connectivity index (χ0n) is 13.8. The molecule has 0 saturated carbocycles. The number of piperazine rings is 1. The molecule has 1 saturated heterocycles. The van der Waals surface area contributed by atoms with Crippen molar-refractivity contribution < 1.29 is 9.59 Å². The Labute approximate surface area is 132 Å². The van der Waals surface area contributed by atoms with Gasteiger partial charge < -0.3 is 15.5 Å². The SMILES string of the molecule is C[C@@H](NC(=O)N1CCNC(=O)C1)c1ccc(C(C)(C)C)cc1. The van der Waals surface area contributed by atoms with Crippen molar-refractivity contribution in [2.75, 3.05) is 19.6 Å². The van der Waals surface area contributed by atoms with Gasteiger partial charge in [0.2, 0.25) is 5.91 Å². The van der Waals surface area contributed by atoms with Gasteiger partial charge in [-0.2, -0.15) is 0 Å². The van der Waals surface area contributed by atoms with E-state index in [0.717, 1.165) is 5.56 Å². The van der Waals surface area contributed by atoms with Gasteiger partial charge in [0.15, 0.2) is 0 Å². The first-order valence-corrected chi connectivity index (χ1v) is 7.70. The molecule has 1 aromatic rings. The Morgan fingerprint density at radius 2 is 1.91 bits per heavy atom. The van der Waals surface area contributed by atoms with E-state index in [2.05, 4.69) is 55.7 Å². The fourth-order valence-corrected chi connectivity index (χ4v) is 2.44. The van der Waals surface area contributed by atoms with Crippen molar-refractivity contribution in [3.8, 4) is 0 Å². The number of hydrogen-bond acceptors (Lipinski definition) is 2. The van der Waals surface area contributed by atoms with E-state index >= 15 is 0 Å². The highest BCUT2D eigenvalue weighted by molar-refractivity contribution is 5.85. The van der Waals surface area contributed by atoms with Gasteiger partial charge in [-0.05, 0) is 23.5 Å². The molecule has 2 rings (SSSR count). The van der Waals surface area contributed by atoms with Crippen LogP contribution in [0.3, 0.4) is 0 Å². The van der Waals surface area contributed by atoms with Crippen LogP contribution < -0.4 is 10.6 Å². The molecule has 0 spiro atoms. The van der Waals surface area contributed by atoms with Crippen LogP contribution in [-0.2, 0) is 10.2 Å². The molecule has 0 unspecified atom stereocenters. The van der Waals surface area contributed by atoms with E-state index in [1.807, 2.05) is 6.92 Å². The number of nitrogens with one attached hydrogen (secondary N) is 2. The Morgan fingerprint density at radius 1 is 1.27 bits per heavy atom. The molecule has 22 heavy (non-hydrogen) atoms. The van der Waals surface area contributed by atoms with E-state index in [1.54, 1.807) is 4.90 Å². The van der Waals surface area contributed by atoms with Gasteiger partial charge in [0, 0.05) is 13.1 Å². The van der Waals surface area contributed by atoms with Crippen LogP contribution in [-0.4, -0.2) is 36.5 Å². The number of carbonyl (C=O) groups excluding carboxylic acids is 2. The first kappa shape index (κ1) is 16.3. The van der Waals surface area contributed by atoms with Crippen molar-refractivity contribution in [3.05, 3.63) is 35.4 Å². The van der Waals surface area contributed by atoms with Gasteiger partial charge in [-0.15, -0.1) is 0 Å². The monoisotopic (exact) mass is 303 g/mol. The standard InChI is InChI=1S/C17H25N3O2/c1-12(13-5-7-14(8-6-13)17(2,3)4)19-16(22)20-10-9-18-15(21)11-20/h5-8,12H,9-11H2,1-4H3,(H,18,21)(H,19,22)/t12-/m1/s1. The minimum Gasteiger partial charge on any atom is -0.353 e. The summed E-state index contributed by atoms with van der Waals surface area (Å²) in [7, 11) is 0. The fraction of sp³-hybridized carbons (Fsp3) is 0.529. The van der Waals surface area contributed by atoms with E-state index in [9.17, 15) is 9.59 Å². The lowest BCUT2D eigenvalue weighted by atomic mass is 9.86. The van der Waals surface area contributed by atoms with Crippen LogP contribution in [0.2, 0.25) is 0 Å². The first-order valence-electron chi connectivity index (χ1n) is 7.70. The number of hydrogen-bond donors (Lipinski definition) is 2. The summed E-state index contributed by atoms with van der Waals surface area (Å²) in [5, 5.41) is 5.66. The Kier molecular flexibility index (Phi) is 4.74. The Balaban J connectivity index is 1.98. The van der Waals surface area contributed by atoms with Crippen molar-refractivity contribution in [2.24, 2.45) is 0 Å². The number of nitrogens with zero attached hydrogens (tertiary/aromatic N) is 1. The second-order valence-corrected chi connectivity index (χ2v) is 6.81. The van der Waals surface area contributed by atoms with E-state index in [4.69, 9.17) is 0 Å². The highest BCUT2D eigenvalue weighted by Crippen LogP contribution is 2.23. The molecule has 0 aliphatic carbocycles. The highest BCUT2D eigenvalue weighted by atomic mass is 16.2. The summed E-state index contributed by atoms with van der Waals surface area (Å²) in [6.07, 6.45) is 0. The van der Waals surface area contributed by atoms with Crippen LogP contribution in [0.1, 0.15) is 44.9 Å². The number of carbonyl (C=O) groups is 2. The maximum atomic E-state index is 12.2. The topological polar surface area (TPSA) is 61.4 Å². The Morgan fingerprint density at radius 3 is 2.45 bits per heavy atom. The third kappa shape index (κ3) is 4.00. The molecule has 5 nitrogen and oxygen atoms in total. The minimum atomic E-state index is -0.192. The highest BCUT2D eigenvalue weighted by Gasteiger charge is 2.22. The van der Waals surface area contributed by atoms with Crippen molar-refractivity contribution >= 4 is 11.9 Å². The predicted octanol–water partition coefficient (Wildman–Crippen LogP) is 2.19. The smallest absolute Gasteiger partial charge is 0.318 e. The van der Waals surface area contributed by atoms with Crippen LogP contribution in [0.15, 0.2) is 24.3 Å². The summed E-state index contributed by atoms with van der Waals surface area (Å²) in [5.41, 5.74) is 2.44. The molecule has 3 amide bonds. The molecule has 1 atom stereocenters. The largest absolute Gasteiger partial charge is 0.353 e. The van der Waals surface area contributed by atoms with E-state index in [-0.39, 0.29) is 29.9 Å². The second-order valence-electron chi connectivity index (χ2n) is 6.81. The number of amides is 3. The number of benzene rings is 1. The lowest BCUT2D eigenvalue weighted by molar-refractivity contribution is -0.123. The molecule has 0 aromatic heterocycles.